The highest BCUT2D eigenvalue weighted by molar-refractivity contribution is 7.82. The molecule has 3 rings (SSSR count). The maximum atomic E-state index is 13.4. The topological polar surface area (TPSA) is 17.1 Å². The van der Waals surface area contributed by atoms with E-state index < -0.39 is 4.75 Å². The summed E-state index contributed by atoms with van der Waals surface area (Å²) in [6.45, 7) is 0. The van der Waals surface area contributed by atoms with Crippen molar-refractivity contribution in [3.05, 3.63) is 108 Å². The fourth-order valence-corrected chi connectivity index (χ4v) is 2.96. The molecule has 3 aromatic rings. The summed E-state index contributed by atoms with van der Waals surface area (Å²) in [6.07, 6.45) is 0. The molecule has 0 radical (unpaired) electrons. The molecule has 0 aliphatic rings. The second-order valence-electron chi connectivity index (χ2n) is 5.11. The molecule has 0 bridgehead atoms. The van der Waals surface area contributed by atoms with Crippen LogP contribution in [0.2, 0.25) is 0 Å². The highest BCUT2D eigenvalue weighted by Gasteiger charge is 2.38. The fraction of sp³-hybridized carbons (Fsp3) is 0.0500. The predicted octanol–water partition coefficient (Wildman–Crippen LogP) is 4.74. The molecule has 0 aromatic heterocycles. The van der Waals surface area contributed by atoms with E-state index >= 15 is 0 Å². The molecule has 1 nitrogen and oxygen atoms in total. The lowest BCUT2D eigenvalue weighted by Crippen LogP contribution is -2.31. The van der Waals surface area contributed by atoms with Crippen LogP contribution in [-0.2, 0) is 4.75 Å². The molecule has 0 saturated carbocycles. The Balaban J connectivity index is 2.24. The lowest BCUT2D eigenvalue weighted by atomic mass is 9.84. The molecular formula is C20H16OS. The predicted molar refractivity (Wildman–Crippen MR) is 93.4 cm³/mol. The quantitative estimate of drug-likeness (QED) is 0.532. The zero-order chi connectivity index (χ0) is 16.1. The van der Waals surface area contributed by atoms with Gasteiger partial charge >= 0.3 is 0 Å². The number of ketones is 1. The van der Waals surface area contributed by atoms with Gasteiger partial charge < -0.3 is 0 Å². The monoisotopic (exact) mass is 305 g/mol. The van der Waals surface area contributed by atoms with E-state index in [1.165, 1.54) is 0 Å². The molecule has 0 saturated heterocycles. The van der Waals surface area contributed by atoms with Crippen LogP contribution in [-0.4, -0.2) is 6.91 Å². The molecule has 0 aliphatic heterocycles. The Kier molecular flexibility index (Phi) is 3.76. The Bertz CT molecular complexity index is 733. The molecule has 0 amide bonds. The summed E-state index contributed by atoms with van der Waals surface area (Å²) >= 11 is 0.827. The van der Waals surface area contributed by atoms with Crippen molar-refractivity contribution < 1.29 is 4.79 Å². The minimum Gasteiger partial charge on any atom is -0.292 e. The van der Waals surface area contributed by atoms with E-state index in [0.29, 0.717) is 5.56 Å². The third kappa shape index (κ3) is 2.58. The van der Waals surface area contributed by atoms with Gasteiger partial charge in [-0.1, -0.05) is 91.0 Å². The smallest absolute Gasteiger partial charge is 0.187 e. The number of carbonyl (C=O) groups is 1. The van der Waals surface area contributed by atoms with Gasteiger partial charge in [0.1, 0.15) is 5.87 Å². The zero-order valence-corrected chi connectivity index (χ0v) is 12.8. The van der Waals surface area contributed by atoms with Gasteiger partial charge in [-0.05, 0) is 11.1 Å². The van der Waals surface area contributed by atoms with E-state index in [4.69, 9.17) is 1.12 Å². The van der Waals surface area contributed by atoms with Crippen LogP contribution < -0.4 is 0 Å². The van der Waals surface area contributed by atoms with E-state index in [9.17, 15) is 4.79 Å². The third-order valence-electron chi connectivity index (χ3n) is 3.72. The van der Waals surface area contributed by atoms with E-state index in [1.54, 1.807) is 12.1 Å². The van der Waals surface area contributed by atoms with Crippen LogP contribution in [0.4, 0.5) is 0 Å². The van der Waals surface area contributed by atoms with Gasteiger partial charge in [0.15, 0.2) is 5.78 Å². The van der Waals surface area contributed by atoms with Crippen molar-refractivity contribution in [2.75, 3.05) is 0 Å². The normalized spacial score (nSPS) is 11.7. The third-order valence-corrected chi connectivity index (χ3v) is 4.37. The highest BCUT2D eigenvalue weighted by atomic mass is 32.1. The van der Waals surface area contributed by atoms with Crippen molar-refractivity contribution >= 4 is 18.3 Å². The number of hydrogen-bond acceptors (Lipinski definition) is 2. The van der Waals surface area contributed by atoms with Crippen molar-refractivity contribution in [3.63, 3.8) is 0 Å². The van der Waals surface area contributed by atoms with Crippen molar-refractivity contribution in [2.45, 2.75) is 4.75 Å². The molecule has 0 fully saturated rings. The van der Waals surface area contributed by atoms with E-state index in [-0.39, 0.29) is 5.78 Å². The first kappa shape index (κ1) is 13.4. The molecule has 0 heterocycles. The minimum absolute atomic E-state index is 0.0736. The fourth-order valence-electron chi connectivity index (χ4n) is 2.57. The first-order chi connectivity index (χ1) is 11.3. The minimum atomic E-state index is -1.07. The Labute approximate surface area is 137 Å². The molecule has 108 valence electrons. The number of benzene rings is 3. The van der Waals surface area contributed by atoms with Crippen molar-refractivity contribution in [1.29, 1.82) is 1.12 Å². The maximum absolute atomic E-state index is 13.4. The number of rotatable bonds is 5. The Morgan fingerprint density at radius 2 is 1.14 bits per heavy atom. The lowest BCUT2D eigenvalue weighted by Gasteiger charge is -2.28. The van der Waals surface area contributed by atoms with Crippen molar-refractivity contribution in [2.24, 2.45) is 0 Å². The van der Waals surface area contributed by atoms with E-state index in [0.717, 1.165) is 23.7 Å². The van der Waals surface area contributed by atoms with Gasteiger partial charge in [-0.2, -0.15) is 12.5 Å². The van der Waals surface area contributed by atoms with Crippen LogP contribution in [0, 0.1) is 0 Å². The Morgan fingerprint density at radius 1 is 0.727 bits per heavy atom. The van der Waals surface area contributed by atoms with Crippen LogP contribution in [0.1, 0.15) is 21.5 Å². The second kappa shape index (κ2) is 6.20. The highest BCUT2D eigenvalue weighted by Crippen LogP contribution is 2.39. The molecular weight excluding hydrogens is 288 g/mol. The summed E-state index contributed by atoms with van der Waals surface area (Å²) in [6, 6.07) is 28.3. The molecule has 22 heavy (non-hydrogen) atoms. The first-order valence-electron chi connectivity index (χ1n) is 7.55. The standard InChI is InChI=1S/C20H16OS/c21-19(16-10-4-1-5-11-16)20(22,17-12-6-2-7-13-17)18-14-8-3-9-15-18/h1-15,22H/i/hD. The molecule has 0 N–H and O–H groups in total. The SMILES string of the molecule is [2H]SC(C(=O)c1ccccc1)(c1ccccc1)c1ccccc1. The summed E-state index contributed by atoms with van der Waals surface area (Å²) in [5.74, 6) is -0.0736. The van der Waals surface area contributed by atoms with Crippen LogP contribution in [0.5, 0.6) is 0 Å². The largest absolute Gasteiger partial charge is 0.292 e. The summed E-state index contributed by atoms with van der Waals surface area (Å²) in [4.78, 5) is 13.4. The Hall–Kier alpha value is -2.32. The summed E-state index contributed by atoms with van der Waals surface area (Å²) < 4.78 is 7.09. The summed E-state index contributed by atoms with van der Waals surface area (Å²) in [5, 5.41) is 0. The maximum Gasteiger partial charge on any atom is 0.187 e. The molecule has 3 aromatic carbocycles. The van der Waals surface area contributed by atoms with Gasteiger partial charge in [-0.25, -0.2) is 0 Å². The lowest BCUT2D eigenvalue weighted by molar-refractivity contribution is 0.0960. The van der Waals surface area contributed by atoms with Crippen molar-refractivity contribution in [1.82, 2.24) is 0 Å². The second-order valence-corrected chi connectivity index (χ2v) is 5.72. The van der Waals surface area contributed by atoms with Crippen molar-refractivity contribution in [3.8, 4) is 0 Å². The van der Waals surface area contributed by atoms with Gasteiger partial charge in [0.25, 0.3) is 0 Å². The van der Waals surface area contributed by atoms with Gasteiger partial charge in [-0.15, -0.1) is 0 Å². The number of Topliss-reactive ketones (excluding diaryl/α,β-unsaturated/α-hetero) is 1. The number of carbonyl (C=O) groups excluding carboxylic acids is 1. The first-order valence-corrected chi connectivity index (χ1v) is 7.55. The average molecular weight is 305 g/mol. The van der Waals surface area contributed by atoms with Gasteiger partial charge in [-0.3, -0.25) is 4.79 Å². The number of hydrogen-bond donors (Lipinski definition) is 1. The summed E-state index contributed by atoms with van der Waals surface area (Å²) in [7, 11) is 0. The Morgan fingerprint density at radius 3 is 1.55 bits per heavy atom. The molecule has 0 aliphatic carbocycles. The molecule has 0 atom stereocenters. The van der Waals surface area contributed by atoms with Crippen LogP contribution in [0.25, 0.3) is 0 Å². The van der Waals surface area contributed by atoms with E-state index in [1.807, 2.05) is 78.9 Å². The summed E-state index contributed by atoms with van der Waals surface area (Å²) in [5.41, 5.74) is 2.25. The zero-order valence-electron chi connectivity index (χ0n) is 13.0. The van der Waals surface area contributed by atoms with Crippen LogP contribution in [0.15, 0.2) is 91.0 Å². The molecule has 0 unspecified atom stereocenters. The average Bonchev–Trinajstić information content (AvgIpc) is 2.65. The van der Waals surface area contributed by atoms with Crippen LogP contribution >= 0.6 is 12.5 Å². The van der Waals surface area contributed by atoms with Crippen LogP contribution in [0.3, 0.4) is 0 Å². The van der Waals surface area contributed by atoms with Gasteiger partial charge in [0.2, 0.25) is 0 Å². The molecule has 2 heteroatoms. The molecule has 0 spiro atoms. The van der Waals surface area contributed by atoms with E-state index in [2.05, 4.69) is 0 Å². The number of thiol groups is 1. The van der Waals surface area contributed by atoms with Gasteiger partial charge in [0.05, 0.1) is 0 Å². The van der Waals surface area contributed by atoms with Gasteiger partial charge in [0, 0.05) is 5.56 Å².